The molecule has 0 aliphatic rings. The summed E-state index contributed by atoms with van der Waals surface area (Å²) in [7, 11) is 1.59. The maximum absolute atomic E-state index is 12.0. The summed E-state index contributed by atoms with van der Waals surface area (Å²) >= 11 is 0. The number of methoxy groups -OCH3 is 1. The Morgan fingerprint density at radius 1 is 1.05 bits per heavy atom. The van der Waals surface area contributed by atoms with Crippen LogP contribution in [0.5, 0.6) is 11.5 Å². The van der Waals surface area contributed by atoms with E-state index in [0.29, 0.717) is 18.1 Å². The van der Waals surface area contributed by atoms with E-state index in [1.807, 2.05) is 48.5 Å². The molecular formula is C18H21NO3. The van der Waals surface area contributed by atoms with Gasteiger partial charge in [-0.25, -0.2) is 0 Å². The zero-order valence-electron chi connectivity index (χ0n) is 13.0. The Labute approximate surface area is 131 Å². The van der Waals surface area contributed by atoms with Gasteiger partial charge in [0.2, 0.25) is 5.91 Å². The molecule has 116 valence electrons. The first-order valence-corrected chi connectivity index (χ1v) is 7.38. The summed E-state index contributed by atoms with van der Waals surface area (Å²) in [6, 6.07) is 15.2. The molecule has 2 rings (SSSR count). The highest BCUT2D eigenvalue weighted by Crippen LogP contribution is 2.25. The van der Waals surface area contributed by atoms with Gasteiger partial charge in [0.25, 0.3) is 0 Å². The van der Waals surface area contributed by atoms with Gasteiger partial charge in [0.15, 0.2) is 11.5 Å². The second kappa shape index (κ2) is 8.08. The lowest BCUT2D eigenvalue weighted by Crippen LogP contribution is -2.16. The van der Waals surface area contributed by atoms with Crippen LogP contribution in [-0.4, -0.2) is 19.6 Å². The average Bonchev–Trinajstić information content (AvgIpc) is 2.55. The predicted octanol–water partition coefficient (Wildman–Crippen LogP) is 3.67. The van der Waals surface area contributed by atoms with E-state index in [4.69, 9.17) is 9.47 Å². The number of ether oxygens (including phenoxy) is 2. The number of hydrogen-bond acceptors (Lipinski definition) is 3. The number of anilines is 1. The van der Waals surface area contributed by atoms with Gasteiger partial charge in [0.05, 0.1) is 20.1 Å². The summed E-state index contributed by atoms with van der Waals surface area (Å²) in [5, 5.41) is 2.93. The van der Waals surface area contributed by atoms with Crippen molar-refractivity contribution in [2.24, 2.45) is 0 Å². The summed E-state index contributed by atoms with van der Waals surface area (Å²) in [4.78, 5) is 12.0. The first kappa shape index (κ1) is 15.9. The lowest BCUT2D eigenvalue weighted by atomic mass is 10.1. The third-order valence-corrected chi connectivity index (χ3v) is 3.33. The lowest BCUT2D eigenvalue weighted by Gasteiger charge is -2.11. The molecule has 22 heavy (non-hydrogen) atoms. The molecule has 1 N–H and O–H groups in total. The molecule has 0 atom stereocenters. The minimum Gasteiger partial charge on any atom is -0.493 e. The maximum atomic E-state index is 12.0. The first-order valence-electron chi connectivity index (χ1n) is 7.38. The molecule has 2 aromatic carbocycles. The number of aryl methyl sites for hydroxylation is 1. The molecule has 0 aliphatic heterocycles. The Morgan fingerprint density at radius 3 is 2.45 bits per heavy atom. The van der Waals surface area contributed by atoms with Crippen molar-refractivity contribution in [2.75, 3.05) is 19.0 Å². The highest BCUT2D eigenvalue weighted by molar-refractivity contribution is 5.91. The van der Waals surface area contributed by atoms with E-state index in [9.17, 15) is 4.79 Å². The lowest BCUT2D eigenvalue weighted by molar-refractivity contribution is -0.116. The van der Waals surface area contributed by atoms with Crippen molar-refractivity contribution in [2.45, 2.75) is 19.8 Å². The van der Waals surface area contributed by atoms with E-state index < -0.39 is 0 Å². The number of hydrogen-bond donors (Lipinski definition) is 1. The van der Waals surface area contributed by atoms with Crippen LogP contribution < -0.4 is 14.8 Å². The van der Waals surface area contributed by atoms with E-state index >= 15 is 0 Å². The van der Waals surface area contributed by atoms with Crippen LogP contribution in [-0.2, 0) is 11.2 Å². The van der Waals surface area contributed by atoms with Crippen molar-refractivity contribution < 1.29 is 14.3 Å². The fourth-order valence-corrected chi connectivity index (χ4v) is 2.15. The summed E-state index contributed by atoms with van der Waals surface area (Å²) in [5.41, 5.74) is 1.99. The molecule has 0 aliphatic carbocycles. The van der Waals surface area contributed by atoms with Gasteiger partial charge in [-0.15, -0.1) is 0 Å². The van der Waals surface area contributed by atoms with E-state index in [0.717, 1.165) is 17.7 Å². The molecule has 0 radical (unpaired) electrons. The minimum absolute atomic E-state index is 0.0594. The smallest absolute Gasteiger partial charge is 0.227 e. The molecule has 4 heteroatoms. The van der Waals surface area contributed by atoms with E-state index in [-0.39, 0.29) is 12.3 Å². The topological polar surface area (TPSA) is 47.6 Å². The molecule has 1 amide bonds. The maximum Gasteiger partial charge on any atom is 0.227 e. The molecule has 0 saturated heterocycles. The molecular weight excluding hydrogens is 278 g/mol. The van der Waals surface area contributed by atoms with Crippen LogP contribution >= 0.6 is 0 Å². The van der Waals surface area contributed by atoms with Crippen molar-refractivity contribution in [1.82, 2.24) is 0 Å². The first-order chi connectivity index (χ1) is 10.7. The third-order valence-electron chi connectivity index (χ3n) is 3.33. The third kappa shape index (κ3) is 4.25. The Bertz CT molecular complexity index is 625. The molecule has 4 nitrogen and oxygen atoms in total. The Balaban J connectivity index is 1.85. The number of benzene rings is 2. The van der Waals surface area contributed by atoms with Crippen molar-refractivity contribution in [3.8, 4) is 11.5 Å². The fraction of sp³-hybridized carbons (Fsp3) is 0.278. The molecule has 0 spiro atoms. The van der Waals surface area contributed by atoms with Gasteiger partial charge in [-0.2, -0.15) is 0 Å². The van der Waals surface area contributed by atoms with Crippen LogP contribution in [0.15, 0.2) is 48.5 Å². The zero-order valence-corrected chi connectivity index (χ0v) is 13.0. The van der Waals surface area contributed by atoms with Crippen molar-refractivity contribution in [1.29, 1.82) is 0 Å². The Hall–Kier alpha value is -2.49. The van der Waals surface area contributed by atoms with Crippen molar-refractivity contribution >= 4 is 11.6 Å². The van der Waals surface area contributed by atoms with Gasteiger partial charge in [0, 0.05) is 5.69 Å². The standard InChI is InChI=1S/C18H21NO3/c1-3-14-8-4-5-9-15(14)19-18(20)12-13-22-17-11-7-6-10-16(17)21-2/h4-11H,3,12-13H2,1-2H3,(H,19,20). The Kier molecular flexibility index (Phi) is 5.83. The number of carbonyl (C=O) groups is 1. The summed E-state index contributed by atoms with van der Waals surface area (Å²) < 4.78 is 10.8. The molecule has 2 aromatic rings. The second-order valence-corrected chi connectivity index (χ2v) is 4.81. The SMILES string of the molecule is CCc1ccccc1NC(=O)CCOc1ccccc1OC. The molecule has 0 fully saturated rings. The monoisotopic (exact) mass is 299 g/mol. The largest absolute Gasteiger partial charge is 0.493 e. The van der Waals surface area contributed by atoms with Crippen LogP contribution in [0, 0.1) is 0 Å². The summed E-state index contributed by atoms with van der Waals surface area (Å²) in [6.07, 6.45) is 1.17. The molecule has 0 saturated carbocycles. The highest BCUT2D eigenvalue weighted by atomic mass is 16.5. The summed E-state index contributed by atoms with van der Waals surface area (Å²) in [6.45, 7) is 2.37. The van der Waals surface area contributed by atoms with E-state index in [1.54, 1.807) is 7.11 Å². The van der Waals surface area contributed by atoms with Crippen LogP contribution in [0.1, 0.15) is 18.9 Å². The number of rotatable bonds is 7. The van der Waals surface area contributed by atoms with Crippen molar-refractivity contribution in [3.05, 3.63) is 54.1 Å². The minimum atomic E-state index is -0.0594. The van der Waals surface area contributed by atoms with E-state index in [2.05, 4.69) is 12.2 Å². The van der Waals surface area contributed by atoms with Crippen LogP contribution in [0.25, 0.3) is 0 Å². The normalized spacial score (nSPS) is 10.1. The van der Waals surface area contributed by atoms with Crippen LogP contribution in [0.3, 0.4) is 0 Å². The van der Waals surface area contributed by atoms with Crippen LogP contribution in [0.4, 0.5) is 5.69 Å². The van der Waals surface area contributed by atoms with E-state index in [1.165, 1.54) is 0 Å². The summed E-state index contributed by atoms with van der Waals surface area (Å²) in [5.74, 6) is 1.25. The second-order valence-electron chi connectivity index (χ2n) is 4.81. The average molecular weight is 299 g/mol. The Morgan fingerprint density at radius 2 is 1.73 bits per heavy atom. The fourth-order valence-electron chi connectivity index (χ4n) is 2.15. The number of carbonyl (C=O) groups excluding carboxylic acids is 1. The predicted molar refractivity (Wildman–Crippen MR) is 87.6 cm³/mol. The van der Waals surface area contributed by atoms with Crippen molar-refractivity contribution in [3.63, 3.8) is 0 Å². The van der Waals surface area contributed by atoms with Gasteiger partial charge >= 0.3 is 0 Å². The molecule has 0 unspecified atom stereocenters. The molecule has 0 heterocycles. The van der Waals surface area contributed by atoms with Gasteiger partial charge in [-0.05, 0) is 30.2 Å². The molecule has 0 bridgehead atoms. The van der Waals surface area contributed by atoms with Gasteiger partial charge in [0.1, 0.15) is 0 Å². The van der Waals surface area contributed by atoms with Gasteiger partial charge in [-0.3, -0.25) is 4.79 Å². The zero-order chi connectivity index (χ0) is 15.8. The number of para-hydroxylation sites is 3. The van der Waals surface area contributed by atoms with Crippen LogP contribution in [0.2, 0.25) is 0 Å². The van der Waals surface area contributed by atoms with Gasteiger partial charge < -0.3 is 14.8 Å². The van der Waals surface area contributed by atoms with Gasteiger partial charge in [-0.1, -0.05) is 37.3 Å². The molecule has 0 aromatic heterocycles. The quantitative estimate of drug-likeness (QED) is 0.848. The highest BCUT2D eigenvalue weighted by Gasteiger charge is 2.07. The number of amides is 1. The number of nitrogens with one attached hydrogen (secondary N) is 1.